The van der Waals surface area contributed by atoms with Gasteiger partial charge in [-0.3, -0.25) is 0 Å². The molecule has 8 heteroatoms. The minimum absolute atomic E-state index is 0. The Morgan fingerprint density at radius 3 is 1.20 bits per heavy atom. The maximum absolute atomic E-state index is 8.88. The van der Waals surface area contributed by atoms with Gasteiger partial charge in [-0.25, -0.2) is 4.57 Å². The first-order valence-corrected chi connectivity index (χ1v) is 3.37. The molecule has 0 fully saturated rings. The molecule has 0 aliphatic rings. The molecule has 0 spiro atoms. The fourth-order valence-electron chi connectivity index (χ4n) is 0. The molecule has 56 valence electrons. The third-order valence-electron chi connectivity index (χ3n) is 0. The second-order valence-corrected chi connectivity index (χ2v) is 1.86. The van der Waals surface area contributed by atoms with Gasteiger partial charge >= 0.3 is 66.9 Å². The van der Waals surface area contributed by atoms with Crippen LogP contribution in [0, 0.1) is 0 Å². The van der Waals surface area contributed by atoms with Gasteiger partial charge in [0.2, 0.25) is 0 Å². The van der Waals surface area contributed by atoms with Crippen LogP contribution in [-0.4, -0.2) is 85.5 Å². The second-order valence-electron chi connectivity index (χ2n) is 0.830. The van der Waals surface area contributed by atoms with Crippen molar-refractivity contribution in [2.24, 2.45) is 0 Å². The fraction of sp³-hybridized carbons (Fsp3) is 1.00. The predicted octanol–water partition coefficient (Wildman–Crippen LogP) is -2.23. The number of aliphatic hydroxyl groups excluding tert-OH is 1. The molecule has 5 nitrogen and oxygen atoms in total. The number of rotatable bonds is 0. The van der Waals surface area contributed by atoms with Crippen molar-refractivity contribution in [2.75, 3.05) is 6.61 Å². The quantitative estimate of drug-likeness (QED) is 0.257. The van der Waals surface area contributed by atoms with Crippen molar-refractivity contribution in [1.82, 2.24) is 0 Å². The Bertz CT molecular complexity index is 73.5. The monoisotopic (exact) mass is 192 g/mol. The zero-order valence-electron chi connectivity index (χ0n) is 4.35. The Hall–Kier alpha value is 2.07. The molecule has 0 saturated carbocycles. The van der Waals surface area contributed by atoms with Crippen molar-refractivity contribution in [3.63, 3.8) is 0 Å². The molecular formula is C2H11Na2O5P. The summed E-state index contributed by atoms with van der Waals surface area (Å²) in [5.74, 6) is 0. The summed E-state index contributed by atoms with van der Waals surface area (Å²) < 4.78 is 8.88. The van der Waals surface area contributed by atoms with Gasteiger partial charge in [-0.05, 0) is 6.92 Å². The molecule has 0 aromatic carbocycles. The van der Waals surface area contributed by atoms with Crippen LogP contribution in [-0.2, 0) is 4.57 Å². The van der Waals surface area contributed by atoms with E-state index in [1.54, 1.807) is 6.92 Å². The molecule has 4 N–H and O–H groups in total. The summed E-state index contributed by atoms with van der Waals surface area (Å²) in [5, 5.41) is 7.57. The normalized spacial score (nSPS) is 7.70. The molecule has 0 aliphatic carbocycles. The van der Waals surface area contributed by atoms with Crippen LogP contribution in [0.25, 0.3) is 0 Å². The van der Waals surface area contributed by atoms with E-state index in [1.165, 1.54) is 0 Å². The minimum atomic E-state index is -4.64. The summed E-state index contributed by atoms with van der Waals surface area (Å²) >= 11 is 0. The molecule has 0 rings (SSSR count). The first-order valence-electron chi connectivity index (χ1n) is 1.81. The molecule has 0 unspecified atom stereocenters. The van der Waals surface area contributed by atoms with Crippen LogP contribution < -0.4 is 0 Å². The molecule has 0 amide bonds. The number of hydrogen-bond donors (Lipinski definition) is 4. The van der Waals surface area contributed by atoms with E-state index >= 15 is 0 Å². The zero-order chi connectivity index (χ0) is 7.21. The average molecular weight is 192 g/mol. The van der Waals surface area contributed by atoms with E-state index in [-0.39, 0.29) is 65.7 Å². The van der Waals surface area contributed by atoms with Gasteiger partial charge < -0.3 is 19.8 Å². The number of phosphoric acid groups is 1. The van der Waals surface area contributed by atoms with Gasteiger partial charge in [-0.1, -0.05) is 0 Å². The van der Waals surface area contributed by atoms with Crippen LogP contribution >= 0.6 is 7.82 Å². The Kier molecular flexibility index (Phi) is 31.0. The Morgan fingerprint density at radius 1 is 1.20 bits per heavy atom. The molecule has 0 bridgehead atoms. The van der Waals surface area contributed by atoms with E-state index in [4.69, 9.17) is 24.4 Å². The van der Waals surface area contributed by atoms with Crippen molar-refractivity contribution >= 4 is 66.9 Å². The van der Waals surface area contributed by atoms with Crippen LogP contribution in [0.5, 0.6) is 0 Å². The predicted molar refractivity (Wildman–Crippen MR) is 41.3 cm³/mol. The van der Waals surface area contributed by atoms with Crippen LogP contribution in [0.2, 0.25) is 0 Å². The summed E-state index contributed by atoms with van der Waals surface area (Å²) in [7, 11) is -4.64. The molecule has 10 heavy (non-hydrogen) atoms. The summed E-state index contributed by atoms with van der Waals surface area (Å²) in [4.78, 5) is 21.6. The van der Waals surface area contributed by atoms with Gasteiger partial charge in [0.1, 0.15) is 0 Å². The molecule has 0 radical (unpaired) electrons. The van der Waals surface area contributed by atoms with Gasteiger partial charge in [-0.2, -0.15) is 0 Å². The van der Waals surface area contributed by atoms with Crippen molar-refractivity contribution < 1.29 is 24.4 Å². The Morgan fingerprint density at radius 2 is 1.20 bits per heavy atom. The third kappa shape index (κ3) is 193. The molecule has 0 aliphatic heterocycles. The summed E-state index contributed by atoms with van der Waals surface area (Å²) in [6.07, 6.45) is 0. The first kappa shape index (κ1) is 22.7. The summed E-state index contributed by atoms with van der Waals surface area (Å²) in [5.41, 5.74) is 0. The van der Waals surface area contributed by atoms with Gasteiger partial charge in [0.15, 0.2) is 0 Å². The van der Waals surface area contributed by atoms with Gasteiger partial charge in [0.25, 0.3) is 0 Å². The van der Waals surface area contributed by atoms with E-state index in [0.717, 1.165) is 0 Å². The van der Waals surface area contributed by atoms with E-state index in [0.29, 0.717) is 0 Å². The molecule has 0 aromatic heterocycles. The topological polar surface area (TPSA) is 98.0 Å². The molecule has 0 atom stereocenters. The van der Waals surface area contributed by atoms with Crippen molar-refractivity contribution in [2.45, 2.75) is 6.92 Å². The molecular weight excluding hydrogens is 181 g/mol. The number of hydrogen-bond acceptors (Lipinski definition) is 2. The van der Waals surface area contributed by atoms with Crippen LogP contribution in [0.3, 0.4) is 0 Å². The number of aliphatic hydroxyl groups is 1. The van der Waals surface area contributed by atoms with Crippen LogP contribution in [0.4, 0.5) is 0 Å². The van der Waals surface area contributed by atoms with Gasteiger partial charge in [-0.15, -0.1) is 0 Å². The van der Waals surface area contributed by atoms with E-state index in [2.05, 4.69) is 0 Å². The van der Waals surface area contributed by atoms with Crippen LogP contribution in [0.15, 0.2) is 0 Å². The SMILES string of the molecule is CCO.O=P(O)(O)O.[NaH].[NaH]. The Labute approximate surface area is 104 Å². The standard InChI is InChI=1S/C2H6O.2Na.H3O4P.2H/c1-2-3;;;1-5(2,3)4;;/h3H,2H2,1H3;;;(H3,1,2,3,4);;. The third-order valence-corrected chi connectivity index (χ3v) is 0. The maximum atomic E-state index is 8.88. The molecule has 0 saturated heterocycles. The fourth-order valence-corrected chi connectivity index (χ4v) is 0. The van der Waals surface area contributed by atoms with Gasteiger partial charge in [0.05, 0.1) is 0 Å². The first-order chi connectivity index (χ1) is 3.41. The molecule has 0 heterocycles. The van der Waals surface area contributed by atoms with Crippen molar-refractivity contribution in [3.05, 3.63) is 0 Å². The summed E-state index contributed by atoms with van der Waals surface area (Å²) in [6.45, 7) is 1.93. The van der Waals surface area contributed by atoms with E-state index < -0.39 is 7.82 Å². The van der Waals surface area contributed by atoms with Crippen LogP contribution in [0.1, 0.15) is 6.92 Å². The average Bonchev–Trinajstić information content (AvgIpc) is 1.27. The van der Waals surface area contributed by atoms with E-state index in [9.17, 15) is 0 Å². The molecule has 0 aromatic rings. The van der Waals surface area contributed by atoms with E-state index in [1.807, 2.05) is 0 Å². The second kappa shape index (κ2) is 13.6. The van der Waals surface area contributed by atoms with Crippen molar-refractivity contribution in [1.29, 1.82) is 0 Å². The van der Waals surface area contributed by atoms with Crippen molar-refractivity contribution in [3.8, 4) is 0 Å². The van der Waals surface area contributed by atoms with Gasteiger partial charge in [0, 0.05) is 6.61 Å². The Balaban J connectivity index is -0.0000000326. The zero-order valence-corrected chi connectivity index (χ0v) is 5.25. The summed E-state index contributed by atoms with van der Waals surface area (Å²) in [6, 6.07) is 0.